The summed E-state index contributed by atoms with van der Waals surface area (Å²) in [5.74, 6) is 0.886. The zero-order valence-corrected chi connectivity index (χ0v) is 12.3. The summed E-state index contributed by atoms with van der Waals surface area (Å²) in [5.41, 5.74) is 1.79. The lowest BCUT2D eigenvalue weighted by molar-refractivity contribution is 0.559. The maximum absolute atomic E-state index is 6.13. The lowest BCUT2D eigenvalue weighted by atomic mass is 10.2. The fourth-order valence-electron chi connectivity index (χ4n) is 1.94. The van der Waals surface area contributed by atoms with Crippen LogP contribution in [-0.2, 0) is 6.54 Å². The number of halogens is 2. The molecular weight excluding hydrogens is 326 g/mol. The van der Waals surface area contributed by atoms with E-state index in [-0.39, 0.29) is 0 Å². The highest BCUT2D eigenvalue weighted by molar-refractivity contribution is 9.10. The largest absolute Gasteiger partial charge is 0.459 e. The van der Waals surface area contributed by atoms with E-state index in [0.717, 1.165) is 26.9 Å². The van der Waals surface area contributed by atoms with Crippen LogP contribution >= 0.6 is 27.5 Å². The summed E-state index contributed by atoms with van der Waals surface area (Å²) in [6.45, 7) is 0.602. The predicted molar refractivity (Wildman–Crippen MR) is 82.7 cm³/mol. The second-order valence-corrected chi connectivity index (χ2v) is 5.55. The van der Waals surface area contributed by atoms with Crippen LogP contribution in [0.15, 0.2) is 57.4 Å². The van der Waals surface area contributed by atoms with Crippen molar-refractivity contribution in [2.45, 2.75) is 6.54 Å². The van der Waals surface area contributed by atoms with Crippen molar-refractivity contribution < 1.29 is 4.42 Å². The van der Waals surface area contributed by atoms with Crippen LogP contribution in [0.4, 0.5) is 5.69 Å². The SMILES string of the molecule is Clc1ccc(Br)cc1NCc1cc2ccccc2o1. The number of nitrogens with one attached hydrogen (secondary N) is 1. The summed E-state index contributed by atoms with van der Waals surface area (Å²) >= 11 is 9.56. The van der Waals surface area contributed by atoms with Gasteiger partial charge in [-0.25, -0.2) is 0 Å². The summed E-state index contributed by atoms with van der Waals surface area (Å²) in [6, 6.07) is 15.7. The van der Waals surface area contributed by atoms with E-state index < -0.39 is 0 Å². The smallest absolute Gasteiger partial charge is 0.134 e. The molecule has 3 aromatic rings. The fourth-order valence-corrected chi connectivity index (χ4v) is 2.48. The van der Waals surface area contributed by atoms with E-state index in [0.29, 0.717) is 11.6 Å². The molecule has 0 aliphatic heterocycles. The summed E-state index contributed by atoms with van der Waals surface area (Å²) in [7, 11) is 0. The molecule has 1 N–H and O–H groups in total. The summed E-state index contributed by atoms with van der Waals surface area (Å²) in [4.78, 5) is 0. The fraction of sp³-hybridized carbons (Fsp3) is 0.0667. The van der Waals surface area contributed by atoms with Crippen LogP contribution in [0.5, 0.6) is 0 Å². The number of anilines is 1. The Morgan fingerprint density at radius 1 is 1.11 bits per heavy atom. The molecule has 2 aromatic carbocycles. The number of para-hydroxylation sites is 1. The Bertz CT molecular complexity index is 690. The summed E-state index contributed by atoms with van der Waals surface area (Å²) in [5, 5.41) is 5.08. The van der Waals surface area contributed by atoms with E-state index in [1.807, 2.05) is 48.5 Å². The molecule has 0 aliphatic rings. The molecule has 0 unspecified atom stereocenters. The predicted octanol–water partition coefficient (Wildman–Crippen LogP) is 5.46. The van der Waals surface area contributed by atoms with Gasteiger partial charge in [-0.2, -0.15) is 0 Å². The molecule has 1 aromatic heterocycles. The lowest BCUT2D eigenvalue weighted by Crippen LogP contribution is -1.98. The van der Waals surface area contributed by atoms with Crippen molar-refractivity contribution in [3.8, 4) is 0 Å². The molecule has 0 saturated carbocycles. The molecule has 0 spiro atoms. The molecule has 0 atom stereocenters. The molecule has 0 amide bonds. The van der Waals surface area contributed by atoms with Crippen molar-refractivity contribution >= 4 is 44.2 Å². The van der Waals surface area contributed by atoms with E-state index in [9.17, 15) is 0 Å². The van der Waals surface area contributed by atoms with Crippen molar-refractivity contribution in [3.05, 3.63) is 63.8 Å². The monoisotopic (exact) mass is 335 g/mol. The van der Waals surface area contributed by atoms with Gasteiger partial charge in [-0.05, 0) is 30.3 Å². The summed E-state index contributed by atoms with van der Waals surface area (Å²) < 4.78 is 6.73. The molecule has 2 nitrogen and oxygen atoms in total. The van der Waals surface area contributed by atoms with Gasteiger partial charge in [0.15, 0.2) is 0 Å². The quantitative estimate of drug-likeness (QED) is 0.687. The molecule has 19 heavy (non-hydrogen) atoms. The number of fused-ring (bicyclic) bond motifs is 1. The minimum Gasteiger partial charge on any atom is -0.459 e. The Morgan fingerprint density at radius 2 is 1.95 bits per heavy atom. The van der Waals surface area contributed by atoms with Gasteiger partial charge in [0, 0.05) is 9.86 Å². The molecule has 1 heterocycles. The third-order valence-electron chi connectivity index (χ3n) is 2.86. The lowest BCUT2D eigenvalue weighted by Gasteiger charge is -2.07. The van der Waals surface area contributed by atoms with Gasteiger partial charge in [0.25, 0.3) is 0 Å². The highest BCUT2D eigenvalue weighted by Gasteiger charge is 2.05. The molecule has 0 radical (unpaired) electrons. The van der Waals surface area contributed by atoms with Gasteiger partial charge in [0.05, 0.1) is 17.3 Å². The molecule has 3 rings (SSSR count). The molecule has 0 aliphatic carbocycles. The maximum atomic E-state index is 6.13. The third kappa shape index (κ3) is 2.77. The summed E-state index contributed by atoms with van der Waals surface area (Å²) in [6.07, 6.45) is 0. The third-order valence-corrected chi connectivity index (χ3v) is 3.68. The average Bonchev–Trinajstić information content (AvgIpc) is 2.82. The molecule has 0 bridgehead atoms. The van der Waals surface area contributed by atoms with Crippen LogP contribution in [0.3, 0.4) is 0 Å². The van der Waals surface area contributed by atoms with E-state index in [2.05, 4.69) is 21.2 Å². The molecule has 96 valence electrons. The van der Waals surface area contributed by atoms with Crippen molar-refractivity contribution in [1.29, 1.82) is 0 Å². The minimum atomic E-state index is 0.602. The van der Waals surface area contributed by atoms with Gasteiger partial charge in [-0.3, -0.25) is 0 Å². The topological polar surface area (TPSA) is 25.2 Å². The number of furan rings is 1. The minimum absolute atomic E-state index is 0.602. The van der Waals surface area contributed by atoms with E-state index >= 15 is 0 Å². The standard InChI is InChI=1S/C15H11BrClNO/c16-11-5-6-13(17)14(8-11)18-9-12-7-10-3-1-2-4-15(10)19-12/h1-8,18H,9H2. The number of hydrogen-bond acceptors (Lipinski definition) is 2. The highest BCUT2D eigenvalue weighted by Crippen LogP contribution is 2.27. The van der Waals surface area contributed by atoms with Crippen LogP contribution < -0.4 is 5.32 Å². The van der Waals surface area contributed by atoms with Gasteiger partial charge >= 0.3 is 0 Å². The maximum Gasteiger partial charge on any atom is 0.134 e. The second kappa shape index (κ2) is 5.27. The average molecular weight is 337 g/mol. The first-order valence-electron chi connectivity index (χ1n) is 5.89. The Morgan fingerprint density at radius 3 is 2.79 bits per heavy atom. The van der Waals surface area contributed by atoms with Crippen molar-refractivity contribution in [2.75, 3.05) is 5.32 Å². The Hall–Kier alpha value is -1.45. The Kier molecular flexibility index (Phi) is 3.49. The number of benzene rings is 2. The zero-order valence-electron chi connectivity index (χ0n) is 9.99. The van der Waals surface area contributed by atoms with Gasteiger partial charge in [-0.15, -0.1) is 0 Å². The van der Waals surface area contributed by atoms with E-state index in [1.165, 1.54) is 0 Å². The molecule has 0 fully saturated rings. The van der Waals surface area contributed by atoms with Crippen LogP contribution in [0.1, 0.15) is 5.76 Å². The van der Waals surface area contributed by atoms with Crippen LogP contribution in [-0.4, -0.2) is 0 Å². The highest BCUT2D eigenvalue weighted by atomic mass is 79.9. The number of hydrogen-bond donors (Lipinski definition) is 1. The van der Waals surface area contributed by atoms with Gasteiger partial charge in [0.2, 0.25) is 0 Å². The van der Waals surface area contributed by atoms with Crippen molar-refractivity contribution in [3.63, 3.8) is 0 Å². The Labute approximate surface area is 124 Å². The number of rotatable bonds is 3. The zero-order chi connectivity index (χ0) is 13.2. The van der Waals surface area contributed by atoms with E-state index in [4.69, 9.17) is 16.0 Å². The first-order valence-corrected chi connectivity index (χ1v) is 7.06. The van der Waals surface area contributed by atoms with Gasteiger partial charge in [-0.1, -0.05) is 45.7 Å². The van der Waals surface area contributed by atoms with Gasteiger partial charge < -0.3 is 9.73 Å². The molecule has 0 saturated heterocycles. The molecule has 4 heteroatoms. The second-order valence-electron chi connectivity index (χ2n) is 4.23. The Balaban J connectivity index is 1.80. The van der Waals surface area contributed by atoms with Gasteiger partial charge in [0.1, 0.15) is 11.3 Å². The molecular formula is C15H11BrClNO. The van der Waals surface area contributed by atoms with Crippen molar-refractivity contribution in [2.24, 2.45) is 0 Å². The first-order chi connectivity index (χ1) is 9.22. The van der Waals surface area contributed by atoms with Crippen molar-refractivity contribution in [1.82, 2.24) is 0 Å². The van der Waals surface area contributed by atoms with Crippen LogP contribution in [0.25, 0.3) is 11.0 Å². The van der Waals surface area contributed by atoms with Crippen LogP contribution in [0.2, 0.25) is 5.02 Å². The van der Waals surface area contributed by atoms with Crippen LogP contribution in [0, 0.1) is 0 Å². The normalized spacial score (nSPS) is 10.8. The van der Waals surface area contributed by atoms with E-state index in [1.54, 1.807) is 0 Å². The first kappa shape index (κ1) is 12.6.